The molecule has 1 aliphatic carbocycles. The molecule has 1 heterocycles. The summed E-state index contributed by atoms with van der Waals surface area (Å²) in [6.07, 6.45) is -3.32. The Labute approximate surface area is 144 Å². The zero-order valence-corrected chi connectivity index (χ0v) is 13.2. The SMILES string of the molecule is O=C1CC(Nc2c([N+](=O)[O-])cc(C(F)(F)F)cc2[N+](=O)[O-])CN1C1CC1. The Bertz CT molecular complexity index is 758. The van der Waals surface area contributed by atoms with Crippen molar-refractivity contribution in [2.45, 2.75) is 37.5 Å². The van der Waals surface area contributed by atoms with Gasteiger partial charge in [0.15, 0.2) is 5.69 Å². The molecule has 1 aromatic rings. The summed E-state index contributed by atoms with van der Waals surface area (Å²) in [4.78, 5) is 33.7. The highest BCUT2D eigenvalue weighted by atomic mass is 19.4. The molecule has 0 aromatic heterocycles. The number of hydrogen-bond donors (Lipinski definition) is 1. The van der Waals surface area contributed by atoms with Crippen molar-refractivity contribution in [1.82, 2.24) is 4.90 Å². The number of alkyl halides is 3. The molecular formula is C14H13F3N4O5. The van der Waals surface area contributed by atoms with E-state index in [0.29, 0.717) is 0 Å². The molecule has 1 aromatic carbocycles. The van der Waals surface area contributed by atoms with Crippen molar-refractivity contribution in [3.8, 4) is 0 Å². The van der Waals surface area contributed by atoms with Gasteiger partial charge in [0.05, 0.1) is 21.5 Å². The van der Waals surface area contributed by atoms with Gasteiger partial charge in [0.2, 0.25) is 5.91 Å². The van der Waals surface area contributed by atoms with Crippen molar-refractivity contribution >= 4 is 23.0 Å². The summed E-state index contributed by atoms with van der Waals surface area (Å²) in [5, 5.41) is 24.9. The smallest absolute Gasteiger partial charge is 0.369 e. The van der Waals surface area contributed by atoms with Crippen LogP contribution in [-0.4, -0.2) is 39.3 Å². The molecule has 1 atom stereocenters. The molecule has 3 rings (SSSR count). The molecule has 1 aliphatic heterocycles. The lowest BCUT2D eigenvalue weighted by Gasteiger charge is -2.17. The second kappa shape index (κ2) is 6.11. The number of nitrogens with zero attached hydrogens (tertiary/aromatic N) is 3. The minimum atomic E-state index is -4.97. The molecule has 1 N–H and O–H groups in total. The van der Waals surface area contributed by atoms with E-state index < -0.39 is 44.7 Å². The number of carbonyl (C=O) groups excluding carboxylic acids is 1. The van der Waals surface area contributed by atoms with Gasteiger partial charge in [-0.3, -0.25) is 25.0 Å². The summed E-state index contributed by atoms with van der Waals surface area (Å²) in [6.45, 7) is 0.193. The zero-order chi connectivity index (χ0) is 19.2. The second-order valence-electron chi connectivity index (χ2n) is 6.22. The van der Waals surface area contributed by atoms with E-state index in [2.05, 4.69) is 5.32 Å². The first kappa shape index (κ1) is 17.9. The minimum Gasteiger partial charge on any atom is -0.369 e. The van der Waals surface area contributed by atoms with Gasteiger partial charge in [-0.2, -0.15) is 13.2 Å². The van der Waals surface area contributed by atoms with Gasteiger partial charge in [-0.25, -0.2) is 0 Å². The topological polar surface area (TPSA) is 119 Å². The predicted octanol–water partition coefficient (Wildman–Crippen LogP) is 2.70. The summed E-state index contributed by atoms with van der Waals surface area (Å²) >= 11 is 0. The Balaban J connectivity index is 1.98. The van der Waals surface area contributed by atoms with Gasteiger partial charge in [0.25, 0.3) is 11.4 Å². The number of nitro groups is 2. The van der Waals surface area contributed by atoms with Gasteiger partial charge in [-0.05, 0) is 12.8 Å². The molecule has 0 bridgehead atoms. The number of nitrogens with one attached hydrogen (secondary N) is 1. The van der Waals surface area contributed by atoms with Crippen molar-refractivity contribution in [3.63, 3.8) is 0 Å². The molecule has 9 nitrogen and oxygen atoms in total. The van der Waals surface area contributed by atoms with Crippen LogP contribution in [-0.2, 0) is 11.0 Å². The Morgan fingerprint density at radius 3 is 2.08 bits per heavy atom. The van der Waals surface area contributed by atoms with Crippen LogP contribution in [0.25, 0.3) is 0 Å². The maximum Gasteiger partial charge on any atom is 0.416 e. The first-order chi connectivity index (χ1) is 12.1. The fraction of sp³-hybridized carbons (Fsp3) is 0.500. The highest BCUT2D eigenvalue weighted by molar-refractivity contribution is 5.82. The summed E-state index contributed by atoms with van der Waals surface area (Å²) in [6, 6.07) is -0.0423. The fourth-order valence-corrected chi connectivity index (χ4v) is 2.98. The third kappa shape index (κ3) is 3.39. The molecule has 2 fully saturated rings. The van der Waals surface area contributed by atoms with Gasteiger partial charge in [0, 0.05) is 31.1 Å². The molecule has 1 saturated carbocycles. The summed E-state index contributed by atoms with van der Waals surface area (Å²) in [5.41, 5.74) is -4.21. The molecule has 1 amide bonds. The van der Waals surface area contributed by atoms with Gasteiger partial charge in [-0.1, -0.05) is 0 Å². The lowest BCUT2D eigenvalue weighted by molar-refractivity contribution is -0.392. The van der Waals surface area contributed by atoms with E-state index in [9.17, 15) is 38.2 Å². The maximum atomic E-state index is 12.9. The monoisotopic (exact) mass is 374 g/mol. The molecule has 2 aliphatic rings. The molecule has 26 heavy (non-hydrogen) atoms. The second-order valence-corrected chi connectivity index (χ2v) is 6.22. The average molecular weight is 374 g/mol. The van der Waals surface area contributed by atoms with Gasteiger partial charge >= 0.3 is 6.18 Å². The number of halogens is 3. The van der Waals surface area contributed by atoms with Crippen LogP contribution in [0.4, 0.5) is 30.2 Å². The van der Waals surface area contributed by atoms with E-state index in [4.69, 9.17) is 0 Å². The quantitative estimate of drug-likeness (QED) is 0.625. The number of nitro benzene ring substituents is 2. The fourth-order valence-electron chi connectivity index (χ4n) is 2.98. The first-order valence-electron chi connectivity index (χ1n) is 7.68. The van der Waals surface area contributed by atoms with E-state index in [0.717, 1.165) is 12.8 Å². The van der Waals surface area contributed by atoms with Crippen LogP contribution >= 0.6 is 0 Å². The van der Waals surface area contributed by atoms with E-state index >= 15 is 0 Å². The Hall–Kier alpha value is -2.92. The third-order valence-electron chi connectivity index (χ3n) is 4.31. The Kier molecular flexibility index (Phi) is 4.20. The predicted molar refractivity (Wildman–Crippen MR) is 81.5 cm³/mol. The van der Waals surface area contributed by atoms with Gasteiger partial charge in [-0.15, -0.1) is 0 Å². The number of hydrogen-bond acceptors (Lipinski definition) is 6. The zero-order valence-electron chi connectivity index (χ0n) is 13.2. The van der Waals surface area contributed by atoms with E-state index in [1.807, 2.05) is 0 Å². The van der Waals surface area contributed by atoms with Crippen LogP contribution in [0.5, 0.6) is 0 Å². The number of benzene rings is 1. The Morgan fingerprint density at radius 1 is 1.12 bits per heavy atom. The molecular weight excluding hydrogens is 361 g/mol. The van der Waals surface area contributed by atoms with E-state index in [1.54, 1.807) is 4.90 Å². The van der Waals surface area contributed by atoms with Crippen LogP contribution < -0.4 is 5.32 Å². The number of rotatable bonds is 5. The highest BCUT2D eigenvalue weighted by Gasteiger charge is 2.42. The number of anilines is 1. The van der Waals surface area contributed by atoms with Crippen molar-refractivity contribution in [3.05, 3.63) is 37.9 Å². The van der Waals surface area contributed by atoms with Crippen molar-refractivity contribution in [2.24, 2.45) is 0 Å². The average Bonchev–Trinajstić information content (AvgIpc) is 3.29. The molecule has 0 spiro atoms. The van der Waals surface area contributed by atoms with Crippen molar-refractivity contribution < 1.29 is 27.8 Å². The minimum absolute atomic E-state index is 0.0359. The summed E-state index contributed by atoms with van der Waals surface area (Å²) in [7, 11) is 0. The first-order valence-corrected chi connectivity index (χ1v) is 7.68. The van der Waals surface area contributed by atoms with Crippen LogP contribution in [0.15, 0.2) is 12.1 Å². The lowest BCUT2D eigenvalue weighted by atomic mass is 10.1. The van der Waals surface area contributed by atoms with Crippen LogP contribution in [0, 0.1) is 20.2 Å². The van der Waals surface area contributed by atoms with Crippen molar-refractivity contribution in [1.29, 1.82) is 0 Å². The van der Waals surface area contributed by atoms with Crippen molar-refractivity contribution in [2.75, 3.05) is 11.9 Å². The highest BCUT2D eigenvalue weighted by Crippen LogP contribution is 2.42. The van der Waals surface area contributed by atoms with Crippen LogP contribution in [0.3, 0.4) is 0 Å². The third-order valence-corrected chi connectivity index (χ3v) is 4.31. The molecule has 1 saturated heterocycles. The molecule has 140 valence electrons. The number of likely N-dealkylation sites (tertiary alicyclic amines) is 1. The lowest BCUT2D eigenvalue weighted by Crippen LogP contribution is -2.30. The van der Waals surface area contributed by atoms with Gasteiger partial charge < -0.3 is 10.2 Å². The molecule has 0 radical (unpaired) electrons. The van der Waals surface area contributed by atoms with Crippen LogP contribution in [0.1, 0.15) is 24.8 Å². The summed E-state index contributed by atoms with van der Waals surface area (Å²) < 4.78 is 38.7. The summed E-state index contributed by atoms with van der Waals surface area (Å²) in [5.74, 6) is -0.192. The standard InChI is InChI=1S/C14H13F3N4O5/c15-14(16,17)7-3-10(20(23)24)13(11(4-7)21(25)26)18-8-5-12(22)19(6-8)9-1-2-9/h3-4,8-9,18H,1-2,5-6H2. The number of carbonyl (C=O) groups is 1. The normalized spacial score (nSPS) is 20.3. The Morgan fingerprint density at radius 2 is 1.65 bits per heavy atom. The van der Waals surface area contributed by atoms with Crippen LogP contribution in [0.2, 0.25) is 0 Å². The molecule has 1 unspecified atom stereocenters. The largest absolute Gasteiger partial charge is 0.416 e. The maximum absolute atomic E-state index is 12.9. The molecule has 12 heteroatoms. The van der Waals surface area contributed by atoms with E-state index in [1.165, 1.54) is 0 Å². The number of amides is 1. The van der Waals surface area contributed by atoms with Gasteiger partial charge in [0.1, 0.15) is 0 Å². The van der Waals surface area contributed by atoms with E-state index in [-0.39, 0.29) is 37.0 Å².